The van der Waals surface area contributed by atoms with E-state index in [2.05, 4.69) is 15.1 Å². The number of nitro benzene ring substituents is 1. The number of amides is 1. The number of anilines is 1. The highest BCUT2D eigenvalue weighted by atomic mass is 16.6. The molecular formula is C30H34N4O5. The van der Waals surface area contributed by atoms with Gasteiger partial charge in [0.2, 0.25) is 5.91 Å². The molecule has 1 amide bonds. The summed E-state index contributed by atoms with van der Waals surface area (Å²) >= 11 is 0. The van der Waals surface area contributed by atoms with Crippen LogP contribution in [0, 0.1) is 16.0 Å². The van der Waals surface area contributed by atoms with Crippen LogP contribution in [0.1, 0.15) is 11.1 Å². The summed E-state index contributed by atoms with van der Waals surface area (Å²) in [5.74, 6) is 1.32. The zero-order valence-electron chi connectivity index (χ0n) is 22.1. The quantitative estimate of drug-likeness (QED) is 0.315. The van der Waals surface area contributed by atoms with Crippen molar-refractivity contribution in [1.29, 1.82) is 0 Å². The molecule has 0 aliphatic carbocycles. The van der Waals surface area contributed by atoms with Crippen molar-refractivity contribution >= 4 is 17.3 Å². The number of para-hydroxylation sites is 1. The van der Waals surface area contributed by atoms with E-state index >= 15 is 0 Å². The Balaban J connectivity index is 1.27. The van der Waals surface area contributed by atoms with Gasteiger partial charge in [-0.2, -0.15) is 0 Å². The number of carbonyl (C=O) groups excluding carboxylic acids is 1. The van der Waals surface area contributed by atoms with E-state index in [0.29, 0.717) is 26.0 Å². The molecule has 2 unspecified atom stereocenters. The molecule has 1 N–H and O–H groups in total. The van der Waals surface area contributed by atoms with Crippen LogP contribution in [0.25, 0.3) is 0 Å². The van der Waals surface area contributed by atoms with Gasteiger partial charge in [0.15, 0.2) is 0 Å². The fraction of sp³-hybridized carbons (Fsp3) is 0.367. The number of piperazine rings is 1. The number of non-ortho nitro benzene ring substituents is 1. The molecule has 0 saturated carbocycles. The number of carbonyl (C=O) groups is 1. The summed E-state index contributed by atoms with van der Waals surface area (Å²) in [6, 6.07) is 22.6. The highest BCUT2D eigenvalue weighted by Crippen LogP contribution is 2.38. The van der Waals surface area contributed by atoms with Gasteiger partial charge in [0.05, 0.1) is 24.0 Å². The summed E-state index contributed by atoms with van der Waals surface area (Å²) in [6.45, 7) is 4.15. The van der Waals surface area contributed by atoms with Gasteiger partial charge in [-0.3, -0.25) is 19.8 Å². The molecule has 2 heterocycles. The molecular weight excluding hydrogens is 496 g/mol. The summed E-state index contributed by atoms with van der Waals surface area (Å²) in [6.07, 6.45) is 1.18. The lowest BCUT2D eigenvalue weighted by Gasteiger charge is -2.49. The normalized spacial score (nSPS) is 18.5. The van der Waals surface area contributed by atoms with Crippen LogP contribution >= 0.6 is 0 Å². The molecule has 2 aliphatic heterocycles. The predicted molar refractivity (Wildman–Crippen MR) is 150 cm³/mol. The van der Waals surface area contributed by atoms with Gasteiger partial charge in [-0.05, 0) is 54.3 Å². The third kappa shape index (κ3) is 6.31. The molecule has 1 saturated heterocycles. The number of hydrogen-bond acceptors (Lipinski definition) is 7. The van der Waals surface area contributed by atoms with E-state index in [1.165, 1.54) is 0 Å². The van der Waals surface area contributed by atoms with Crippen LogP contribution in [0.5, 0.6) is 11.5 Å². The number of rotatable bonds is 10. The molecule has 1 fully saturated rings. The van der Waals surface area contributed by atoms with Crippen molar-refractivity contribution in [2.24, 2.45) is 5.92 Å². The second-order valence-electron chi connectivity index (χ2n) is 9.99. The van der Waals surface area contributed by atoms with E-state index in [1.54, 1.807) is 19.2 Å². The minimum atomic E-state index is -0.374. The number of nitro groups is 1. The number of hydrogen-bond donors (Lipinski definition) is 1. The maximum Gasteiger partial charge on any atom is 0.269 e. The Morgan fingerprint density at radius 2 is 1.85 bits per heavy atom. The van der Waals surface area contributed by atoms with Gasteiger partial charge in [-0.25, -0.2) is 0 Å². The molecule has 9 heteroatoms. The van der Waals surface area contributed by atoms with E-state index in [4.69, 9.17) is 9.47 Å². The Morgan fingerprint density at radius 1 is 1.05 bits per heavy atom. The first kappa shape index (κ1) is 26.5. The lowest BCUT2D eigenvalue weighted by Crippen LogP contribution is -2.61. The van der Waals surface area contributed by atoms with E-state index in [-0.39, 0.29) is 28.5 Å². The maximum absolute atomic E-state index is 13.5. The molecule has 2 aliphatic rings. The zero-order chi connectivity index (χ0) is 27.2. The number of fused-ring (bicyclic) bond motifs is 3. The molecule has 5 rings (SSSR count). The monoisotopic (exact) mass is 530 g/mol. The van der Waals surface area contributed by atoms with Crippen LogP contribution in [0.4, 0.5) is 11.4 Å². The van der Waals surface area contributed by atoms with Gasteiger partial charge < -0.3 is 19.7 Å². The summed E-state index contributed by atoms with van der Waals surface area (Å²) in [5, 5.41) is 14.6. The van der Waals surface area contributed by atoms with E-state index in [1.807, 2.05) is 60.7 Å². The van der Waals surface area contributed by atoms with Crippen molar-refractivity contribution in [3.05, 3.63) is 94.0 Å². The van der Waals surface area contributed by atoms with Crippen LogP contribution in [-0.4, -0.2) is 68.2 Å². The second-order valence-corrected chi connectivity index (χ2v) is 9.99. The molecule has 0 radical (unpaired) electrons. The van der Waals surface area contributed by atoms with Crippen LogP contribution in [0.15, 0.2) is 72.8 Å². The smallest absolute Gasteiger partial charge is 0.269 e. The predicted octanol–water partition coefficient (Wildman–Crippen LogP) is 3.70. The number of ether oxygens (including phenoxy) is 2. The third-order valence-corrected chi connectivity index (χ3v) is 7.62. The average molecular weight is 531 g/mol. The first-order chi connectivity index (χ1) is 19.0. The molecule has 39 heavy (non-hydrogen) atoms. The highest BCUT2D eigenvalue weighted by Gasteiger charge is 2.41. The molecule has 204 valence electrons. The maximum atomic E-state index is 13.5. The SMILES string of the molecule is COc1ccc(CCNC(=O)C2Cc3cc([N+](=O)[O-])ccc3N3CCN(CCOc4ccccc4)CC23)cc1. The van der Waals surface area contributed by atoms with Gasteiger partial charge in [-0.15, -0.1) is 0 Å². The van der Waals surface area contributed by atoms with E-state index in [0.717, 1.165) is 54.5 Å². The van der Waals surface area contributed by atoms with Gasteiger partial charge in [0, 0.05) is 50.5 Å². The van der Waals surface area contributed by atoms with Crippen molar-refractivity contribution < 1.29 is 19.2 Å². The number of nitrogens with one attached hydrogen (secondary N) is 1. The van der Waals surface area contributed by atoms with Crippen LogP contribution in [0.2, 0.25) is 0 Å². The topological polar surface area (TPSA) is 97.2 Å². The number of methoxy groups -OCH3 is 1. The second kappa shape index (κ2) is 12.2. The van der Waals surface area contributed by atoms with E-state index < -0.39 is 0 Å². The molecule has 9 nitrogen and oxygen atoms in total. The largest absolute Gasteiger partial charge is 0.497 e. The Bertz CT molecular complexity index is 1280. The Kier molecular flexibility index (Phi) is 8.27. The highest BCUT2D eigenvalue weighted by molar-refractivity contribution is 5.82. The summed E-state index contributed by atoms with van der Waals surface area (Å²) in [5.41, 5.74) is 3.02. The minimum Gasteiger partial charge on any atom is -0.497 e. The lowest BCUT2D eigenvalue weighted by atomic mass is 9.83. The lowest BCUT2D eigenvalue weighted by molar-refractivity contribution is -0.384. The number of benzene rings is 3. The molecule has 2 atom stereocenters. The van der Waals surface area contributed by atoms with Gasteiger partial charge >= 0.3 is 0 Å². The van der Waals surface area contributed by atoms with Crippen LogP contribution in [-0.2, 0) is 17.6 Å². The average Bonchev–Trinajstić information content (AvgIpc) is 2.97. The van der Waals surface area contributed by atoms with Crippen LogP contribution in [0.3, 0.4) is 0 Å². The molecule has 0 aromatic heterocycles. The molecule has 3 aromatic carbocycles. The first-order valence-corrected chi connectivity index (χ1v) is 13.4. The van der Waals surface area contributed by atoms with Crippen molar-refractivity contribution in [3.63, 3.8) is 0 Å². The summed E-state index contributed by atoms with van der Waals surface area (Å²) in [4.78, 5) is 29.2. The Hall–Kier alpha value is -4.11. The van der Waals surface area contributed by atoms with Crippen molar-refractivity contribution in [2.75, 3.05) is 51.3 Å². The van der Waals surface area contributed by atoms with Crippen molar-refractivity contribution in [1.82, 2.24) is 10.2 Å². The van der Waals surface area contributed by atoms with Gasteiger partial charge in [0.1, 0.15) is 18.1 Å². The van der Waals surface area contributed by atoms with E-state index in [9.17, 15) is 14.9 Å². The van der Waals surface area contributed by atoms with Gasteiger partial charge in [0.25, 0.3) is 5.69 Å². The number of nitrogens with zero attached hydrogens (tertiary/aromatic N) is 3. The van der Waals surface area contributed by atoms with Crippen molar-refractivity contribution in [2.45, 2.75) is 18.9 Å². The zero-order valence-corrected chi connectivity index (χ0v) is 22.1. The van der Waals surface area contributed by atoms with Gasteiger partial charge in [-0.1, -0.05) is 30.3 Å². The fourth-order valence-electron chi connectivity index (χ4n) is 5.55. The Labute approximate surface area is 228 Å². The standard InChI is InChI=1S/C30H34N4O5/c1-38-25-10-7-22(8-11-25)13-14-31-30(35)27-20-23-19-24(34(36)37)9-12-28(23)33-16-15-32(21-29(27)33)17-18-39-26-5-3-2-4-6-26/h2-12,19,27,29H,13-18,20-21H2,1H3,(H,31,35). The molecule has 0 bridgehead atoms. The minimum absolute atomic E-state index is 0.0157. The summed E-state index contributed by atoms with van der Waals surface area (Å²) in [7, 11) is 1.64. The molecule has 0 spiro atoms. The first-order valence-electron chi connectivity index (χ1n) is 13.4. The molecule has 3 aromatic rings. The summed E-state index contributed by atoms with van der Waals surface area (Å²) < 4.78 is 11.1. The van der Waals surface area contributed by atoms with Crippen molar-refractivity contribution in [3.8, 4) is 11.5 Å². The Morgan fingerprint density at radius 3 is 2.59 bits per heavy atom. The van der Waals surface area contributed by atoms with Crippen LogP contribution < -0.4 is 19.7 Å². The third-order valence-electron chi connectivity index (χ3n) is 7.62. The fourth-order valence-corrected chi connectivity index (χ4v) is 5.55.